The summed E-state index contributed by atoms with van der Waals surface area (Å²) in [5.74, 6) is 0.0203. The lowest BCUT2D eigenvalue weighted by molar-refractivity contribution is 0.0951. The van der Waals surface area contributed by atoms with E-state index in [2.05, 4.69) is 10.2 Å². The van der Waals surface area contributed by atoms with Gasteiger partial charge in [0.15, 0.2) is 0 Å². The van der Waals surface area contributed by atoms with Crippen LogP contribution in [0.15, 0.2) is 18.2 Å². The number of aryl methyl sites for hydroxylation is 2. The monoisotopic (exact) mass is 304 g/mol. The number of carbonyl (C=O) groups excluding carboxylic acids is 1. The first-order valence-electron chi connectivity index (χ1n) is 8.32. The number of carbonyl (C=O) groups is 1. The molecule has 0 aliphatic carbocycles. The van der Waals surface area contributed by atoms with Crippen molar-refractivity contribution in [1.29, 1.82) is 0 Å². The van der Waals surface area contributed by atoms with Crippen LogP contribution in [-0.2, 0) is 0 Å². The van der Waals surface area contributed by atoms with Gasteiger partial charge in [-0.2, -0.15) is 0 Å². The Morgan fingerprint density at radius 3 is 2.91 bits per heavy atom. The van der Waals surface area contributed by atoms with E-state index in [1.54, 1.807) is 0 Å². The summed E-state index contributed by atoms with van der Waals surface area (Å²) in [7, 11) is 0. The van der Waals surface area contributed by atoms with Crippen molar-refractivity contribution in [3.8, 4) is 0 Å². The molecule has 1 atom stereocenters. The SMILES string of the molecule is Cc1ccc(C(=O)NCCCCN2CCCC2CO)c(C)c1. The number of hydrogen-bond acceptors (Lipinski definition) is 3. The van der Waals surface area contributed by atoms with Crippen LogP contribution in [0.2, 0.25) is 0 Å². The van der Waals surface area contributed by atoms with Gasteiger partial charge in [0.1, 0.15) is 0 Å². The summed E-state index contributed by atoms with van der Waals surface area (Å²) in [4.78, 5) is 14.5. The molecule has 1 unspecified atom stereocenters. The number of rotatable bonds is 7. The van der Waals surface area contributed by atoms with Gasteiger partial charge in [-0.15, -0.1) is 0 Å². The van der Waals surface area contributed by atoms with Crippen molar-refractivity contribution in [2.45, 2.75) is 45.6 Å². The number of unbranched alkanes of at least 4 members (excludes halogenated alkanes) is 1. The van der Waals surface area contributed by atoms with Crippen molar-refractivity contribution in [3.05, 3.63) is 34.9 Å². The molecule has 0 bridgehead atoms. The number of aliphatic hydroxyl groups excluding tert-OH is 1. The average Bonchev–Trinajstić information content (AvgIpc) is 2.94. The van der Waals surface area contributed by atoms with Gasteiger partial charge in [0.05, 0.1) is 6.61 Å². The highest BCUT2D eigenvalue weighted by molar-refractivity contribution is 5.95. The Bertz CT molecular complexity index is 502. The van der Waals surface area contributed by atoms with E-state index >= 15 is 0 Å². The Labute approximate surface area is 133 Å². The summed E-state index contributed by atoms with van der Waals surface area (Å²) in [6.07, 6.45) is 4.34. The fourth-order valence-corrected chi connectivity index (χ4v) is 3.20. The minimum absolute atomic E-state index is 0.0203. The smallest absolute Gasteiger partial charge is 0.251 e. The fraction of sp³-hybridized carbons (Fsp3) is 0.611. The first-order chi connectivity index (χ1) is 10.6. The zero-order valence-corrected chi connectivity index (χ0v) is 13.8. The fourth-order valence-electron chi connectivity index (χ4n) is 3.20. The van der Waals surface area contributed by atoms with E-state index in [0.717, 1.165) is 43.5 Å². The van der Waals surface area contributed by atoms with Crippen LogP contribution in [0.4, 0.5) is 0 Å². The van der Waals surface area contributed by atoms with E-state index in [9.17, 15) is 9.90 Å². The molecule has 0 saturated carbocycles. The van der Waals surface area contributed by atoms with Gasteiger partial charge in [-0.25, -0.2) is 0 Å². The summed E-state index contributed by atoms with van der Waals surface area (Å²) >= 11 is 0. The Balaban J connectivity index is 1.67. The number of hydrogen-bond donors (Lipinski definition) is 2. The van der Waals surface area contributed by atoms with Crippen molar-refractivity contribution < 1.29 is 9.90 Å². The lowest BCUT2D eigenvalue weighted by atomic mass is 10.1. The summed E-state index contributed by atoms with van der Waals surface area (Å²) in [5.41, 5.74) is 2.98. The summed E-state index contributed by atoms with van der Waals surface area (Å²) in [6, 6.07) is 6.27. The number of amides is 1. The molecule has 0 spiro atoms. The third-order valence-corrected chi connectivity index (χ3v) is 4.49. The second kappa shape index (κ2) is 8.30. The molecule has 4 nitrogen and oxygen atoms in total. The van der Waals surface area contributed by atoms with Crippen LogP contribution in [0.5, 0.6) is 0 Å². The van der Waals surface area contributed by atoms with Crippen molar-refractivity contribution >= 4 is 5.91 Å². The molecular formula is C18H28N2O2. The zero-order valence-electron chi connectivity index (χ0n) is 13.8. The normalized spacial score (nSPS) is 18.6. The van der Waals surface area contributed by atoms with Gasteiger partial charge >= 0.3 is 0 Å². The Kier molecular flexibility index (Phi) is 6.40. The number of benzene rings is 1. The van der Waals surface area contributed by atoms with Gasteiger partial charge in [-0.05, 0) is 64.3 Å². The molecule has 1 heterocycles. The molecule has 1 aliphatic heterocycles. The summed E-state index contributed by atoms with van der Waals surface area (Å²) < 4.78 is 0. The van der Waals surface area contributed by atoms with Gasteiger partial charge < -0.3 is 10.4 Å². The van der Waals surface area contributed by atoms with E-state index in [4.69, 9.17) is 0 Å². The van der Waals surface area contributed by atoms with Crippen molar-refractivity contribution in [2.24, 2.45) is 0 Å². The van der Waals surface area contributed by atoms with Crippen LogP contribution in [-0.4, -0.2) is 48.2 Å². The molecule has 1 aromatic rings. The zero-order chi connectivity index (χ0) is 15.9. The molecule has 1 saturated heterocycles. The van der Waals surface area contributed by atoms with Crippen molar-refractivity contribution in [1.82, 2.24) is 10.2 Å². The van der Waals surface area contributed by atoms with Crippen molar-refractivity contribution in [2.75, 3.05) is 26.2 Å². The first kappa shape index (κ1) is 17.0. The second-order valence-corrected chi connectivity index (χ2v) is 6.30. The largest absolute Gasteiger partial charge is 0.395 e. The number of likely N-dealkylation sites (tertiary alicyclic amines) is 1. The van der Waals surface area contributed by atoms with E-state index < -0.39 is 0 Å². The lowest BCUT2D eigenvalue weighted by Crippen LogP contribution is -2.33. The Morgan fingerprint density at radius 2 is 2.18 bits per heavy atom. The molecule has 0 radical (unpaired) electrons. The number of nitrogens with zero attached hydrogens (tertiary/aromatic N) is 1. The van der Waals surface area contributed by atoms with Crippen molar-refractivity contribution in [3.63, 3.8) is 0 Å². The Morgan fingerprint density at radius 1 is 1.36 bits per heavy atom. The molecule has 4 heteroatoms. The standard InChI is InChI=1S/C18H28N2O2/c1-14-7-8-17(15(2)12-14)18(22)19-9-3-4-10-20-11-5-6-16(20)13-21/h7-8,12,16,21H,3-6,9-11,13H2,1-2H3,(H,19,22). The molecule has 1 aromatic carbocycles. The van der Waals surface area contributed by atoms with Crippen LogP contribution in [0.3, 0.4) is 0 Å². The molecule has 0 aromatic heterocycles. The summed E-state index contributed by atoms with van der Waals surface area (Å²) in [6.45, 7) is 7.11. The highest BCUT2D eigenvalue weighted by Gasteiger charge is 2.22. The van der Waals surface area contributed by atoms with E-state index in [1.165, 1.54) is 12.0 Å². The predicted octanol–water partition coefficient (Wildman–Crippen LogP) is 2.27. The van der Waals surface area contributed by atoms with E-state index in [1.807, 2.05) is 32.0 Å². The minimum atomic E-state index is 0.0203. The topological polar surface area (TPSA) is 52.6 Å². The molecule has 2 N–H and O–H groups in total. The molecule has 1 amide bonds. The predicted molar refractivity (Wildman–Crippen MR) is 89.2 cm³/mol. The van der Waals surface area contributed by atoms with Crippen LogP contribution in [0.25, 0.3) is 0 Å². The van der Waals surface area contributed by atoms with Crippen LogP contribution in [0, 0.1) is 13.8 Å². The van der Waals surface area contributed by atoms with Gasteiger partial charge in [-0.1, -0.05) is 17.7 Å². The highest BCUT2D eigenvalue weighted by Crippen LogP contribution is 2.17. The maximum Gasteiger partial charge on any atom is 0.251 e. The van der Waals surface area contributed by atoms with E-state index in [0.29, 0.717) is 12.6 Å². The third kappa shape index (κ3) is 4.55. The molecule has 1 fully saturated rings. The van der Waals surface area contributed by atoms with Gasteiger partial charge in [0, 0.05) is 18.2 Å². The van der Waals surface area contributed by atoms with E-state index in [-0.39, 0.29) is 12.5 Å². The quantitative estimate of drug-likeness (QED) is 0.760. The lowest BCUT2D eigenvalue weighted by Gasteiger charge is -2.22. The second-order valence-electron chi connectivity index (χ2n) is 6.30. The van der Waals surface area contributed by atoms with Crippen LogP contribution in [0.1, 0.15) is 47.2 Å². The molecule has 122 valence electrons. The number of aliphatic hydroxyl groups is 1. The van der Waals surface area contributed by atoms with Gasteiger partial charge in [-0.3, -0.25) is 9.69 Å². The van der Waals surface area contributed by atoms with Gasteiger partial charge in [0.25, 0.3) is 5.91 Å². The molecule has 2 rings (SSSR count). The number of nitrogens with one attached hydrogen (secondary N) is 1. The average molecular weight is 304 g/mol. The van der Waals surface area contributed by atoms with Crippen LogP contribution >= 0.6 is 0 Å². The van der Waals surface area contributed by atoms with Gasteiger partial charge in [0.2, 0.25) is 0 Å². The molecule has 1 aliphatic rings. The Hall–Kier alpha value is -1.39. The van der Waals surface area contributed by atoms with Crippen LogP contribution < -0.4 is 5.32 Å². The molecule has 22 heavy (non-hydrogen) atoms. The highest BCUT2D eigenvalue weighted by atomic mass is 16.3. The minimum Gasteiger partial charge on any atom is -0.395 e. The maximum absolute atomic E-state index is 12.1. The third-order valence-electron chi connectivity index (χ3n) is 4.49. The maximum atomic E-state index is 12.1. The molecular weight excluding hydrogens is 276 g/mol. The summed E-state index contributed by atoms with van der Waals surface area (Å²) in [5, 5.41) is 12.3. The first-order valence-corrected chi connectivity index (χ1v) is 8.32.